The molecule has 3 heterocycles. The zero-order chi connectivity index (χ0) is 26.3. The normalized spacial score (nSPS) is 11.6. The van der Waals surface area contributed by atoms with Gasteiger partial charge in [-0.05, 0) is 43.3 Å². The first-order chi connectivity index (χ1) is 17.6. The summed E-state index contributed by atoms with van der Waals surface area (Å²) in [6.07, 6.45) is -2.65. The summed E-state index contributed by atoms with van der Waals surface area (Å²) in [4.78, 5) is 22.1. The van der Waals surface area contributed by atoms with Gasteiger partial charge in [-0.3, -0.25) is 9.48 Å². The van der Waals surface area contributed by atoms with Crippen molar-refractivity contribution in [3.05, 3.63) is 83.7 Å². The minimum absolute atomic E-state index is 0.0971. The summed E-state index contributed by atoms with van der Waals surface area (Å²) in [5.41, 5.74) is 2.41. The molecule has 0 atom stereocenters. The van der Waals surface area contributed by atoms with Crippen LogP contribution in [0.1, 0.15) is 21.6 Å². The number of aromatic nitrogens is 5. The van der Waals surface area contributed by atoms with Gasteiger partial charge >= 0.3 is 6.18 Å². The van der Waals surface area contributed by atoms with Gasteiger partial charge < -0.3 is 15.2 Å². The number of benzene rings is 2. The third-order valence-electron chi connectivity index (χ3n) is 5.80. The molecule has 2 N–H and O–H groups in total. The van der Waals surface area contributed by atoms with Crippen LogP contribution in [0.5, 0.6) is 0 Å². The Hall–Kier alpha value is -4.67. The summed E-state index contributed by atoms with van der Waals surface area (Å²) in [5.74, 6) is 1.09. The molecule has 0 aliphatic rings. The lowest BCUT2D eigenvalue weighted by atomic mass is 10.1. The van der Waals surface area contributed by atoms with Gasteiger partial charge in [-0.25, -0.2) is 9.97 Å². The van der Waals surface area contributed by atoms with Crippen LogP contribution in [-0.2, 0) is 20.3 Å². The number of halogens is 3. The van der Waals surface area contributed by atoms with Crippen LogP contribution in [0.2, 0.25) is 0 Å². The van der Waals surface area contributed by atoms with Crippen LogP contribution in [0, 0.1) is 6.92 Å². The van der Waals surface area contributed by atoms with Gasteiger partial charge in [0.05, 0.1) is 16.8 Å². The average molecular weight is 506 g/mol. The van der Waals surface area contributed by atoms with Crippen LogP contribution in [0.3, 0.4) is 0 Å². The number of anilines is 3. The highest BCUT2D eigenvalue weighted by Gasteiger charge is 2.31. The molecule has 0 saturated carbocycles. The molecule has 0 aliphatic heterocycles. The Labute approximate surface area is 209 Å². The molecule has 8 nitrogen and oxygen atoms in total. The third kappa shape index (κ3) is 4.88. The summed E-state index contributed by atoms with van der Waals surface area (Å²) in [5, 5.41) is 10.3. The molecule has 5 aromatic rings. The van der Waals surface area contributed by atoms with E-state index in [9.17, 15) is 18.0 Å². The predicted octanol–water partition coefficient (Wildman–Crippen LogP) is 5.69. The van der Waals surface area contributed by atoms with E-state index in [0.717, 1.165) is 29.2 Å². The zero-order valence-electron chi connectivity index (χ0n) is 20.1. The number of aryl methyl sites for hydroxylation is 3. The van der Waals surface area contributed by atoms with E-state index >= 15 is 0 Å². The van der Waals surface area contributed by atoms with E-state index in [4.69, 9.17) is 4.98 Å². The minimum atomic E-state index is -4.54. The maximum atomic E-state index is 13.0. The quantitative estimate of drug-likeness (QED) is 0.320. The van der Waals surface area contributed by atoms with Gasteiger partial charge in [-0.15, -0.1) is 0 Å². The first kappa shape index (κ1) is 24.0. The maximum absolute atomic E-state index is 13.0. The van der Waals surface area contributed by atoms with E-state index in [0.29, 0.717) is 28.4 Å². The minimum Gasteiger partial charge on any atom is -0.346 e. The maximum Gasteiger partial charge on any atom is 0.416 e. The largest absolute Gasteiger partial charge is 0.416 e. The van der Waals surface area contributed by atoms with Gasteiger partial charge in [0.25, 0.3) is 5.91 Å². The first-order valence-corrected chi connectivity index (χ1v) is 11.3. The van der Waals surface area contributed by atoms with E-state index in [-0.39, 0.29) is 5.56 Å². The standard InChI is InChI=1S/C26H22F3N7O/c1-15-12-21(36(3)34-15)32-24-22-20(10-11-35(22)2)31-23(33-24)16-6-5-9-19(14-16)30-25(37)17-7-4-8-18(13-17)26(27,28)29/h4-14H,1-3H3,(H,30,37)(H,31,32,33). The Bertz CT molecular complexity index is 1640. The molecular formula is C26H22F3N7O. The first-order valence-electron chi connectivity index (χ1n) is 11.3. The number of rotatable bonds is 5. The van der Waals surface area contributed by atoms with Crippen molar-refractivity contribution in [2.75, 3.05) is 10.6 Å². The predicted molar refractivity (Wildman–Crippen MR) is 135 cm³/mol. The second-order valence-electron chi connectivity index (χ2n) is 8.59. The SMILES string of the molecule is Cc1cc(Nc2nc(-c3cccc(NC(=O)c4cccc(C(F)(F)F)c4)c3)nc3ccn(C)c23)n(C)n1. The van der Waals surface area contributed by atoms with Crippen LogP contribution >= 0.6 is 0 Å². The number of nitrogens with one attached hydrogen (secondary N) is 2. The molecule has 0 fully saturated rings. The molecule has 0 radical (unpaired) electrons. The van der Waals surface area contributed by atoms with Crippen molar-refractivity contribution >= 4 is 34.3 Å². The highest BCUT2D eigenvalue weighted by Crippen LogP contribution is 2.31. The van der Waals surface area contributed by atoms with Crippen LogP contribution in [0.15, 0.2) is 66.9 Å². The molecule has 37 heavy (non-hydrogen) atoms. The van der Waals surface area contributed by atoms with E-state index < -0.39 is 17.6 Å². The zero-order valence-corrected chi connectivity index (χ0v) is 20.1. The molecule has 0 unspecified atom stereocenters. The van der Waals surface area contributed by atoms with E-state index in [1.165, 1.54) is 12.1 Å². The van der Waals surface area contributed by atoms with Crippen molar-refractivity contribution in [2.24, 2.45) is 14.1 Å². The number of nitrogens with zero attached hydrogens (tertiary/aromatic N) is 5. The number of hydrogen-bond donors (Lipinski definition) is 2. The number of hydrogen-bond acceptors (Lipinski definition) is 5. The Morgan fingerprint density at radius 2 is 1.76 bits per heavy atom. The van der Waals surface area contributed by atoms with Gasteiger partial charge in [0.15, 0.2) is 11.6 Å². The van der Waals surface area contributed by atoms with E-state index in [2.05, 4.69) is 20.7 Å². The van der Waals surface area contributed by atoms with Crippen LogP contribution in [0.4, 0.5) is 30.5 Å². The van der Waals surface area contributed by atoms with E-state index in [1.807, 2.05) is 43.9 Å². The van der Waals surface area contributed by atoms with Crippen molar-refractivity contribution in [1.82, 2.24) is 24.3 Å². The molecule has 0 aliphatic carbocycles. The lowest BCUT2D eigenvalue weighted by Gasteiger charge is -2.12. The third-order valence-corrected chi connectivity index (χ3v) is 5.80. The Morgan fingerprint density at radius 1 is 0.973 bits per heavy atom. The smallest absolute Gasteiger partial charge is 0.346 e. The van der Waals surface area contributed by atoms with Crippen LogP contribution in [-0.4, -0.2) is 30.2 Å². The second-order valence-corrected chi connectivity index (χ2v) is 8.59. The van der Waals surface area contributed by atoms with Crippen LogP contribution in [0.25, 0.3) is 22.4 Å². The summed E-state index contributed by atoms with van der Waals surface area (Å²) >= 11 is 0. The lowest BCUT2D eigenvalue weighted by Crippen LogP contribution is -2.14. The molecule has 2 aromatic carbocycles. The summed E-state index contributed by atoms with van der Waals surface area (Å²) in [6.45, 7) is 1.90. The summed E-state index contributed by atoms with van der Waals surface area (Å²) < 4.78 is 42.8. The molecular weight excluding hydrogens is 483 g/mol. The van der Waals surface area contributed by atoms with Gasteiger partial charge in [0, 0.05) is 43.2 Å². The number of amides is 1. The van der Waals surface area contributed by atoms with Gasteiger partial charge in [-0.1, -0.05) is 18.2 Å². The molecule has 188 valence electrons. The molecule has 11 heteroatoms. The van der Waals surface area contributed by atoms with Crippen LogP contribution < -0.4 is 10.6 Å². The number of fused-ring (bicyclic) bond motifs is 1. The fourth-order valence-corrected chi connectivity index (χ4v) is 4.03. The molecule has 0 saturated heterocycles. The molecule has 3 aromatic heterocycles. The van der Waals surface area contributed by atoms with Crippen molar-refractivity contribution in [3.8, 4) is 11.4 Å². The fraction of sp³-hybridized carbons (Fsp3) is 0.154. The molecule has 5 rings (SSSR count). The van der Waals surface area contributed by atoms with Gasteiger partial charge in [-0.2, -0.15) is 18.3 Å². The number of alkyl halides is 3. The lowest BCUT2D eigenvalue weighted by molar-refractivity contribution is -0.137. The Morgan fingerprint density at radius 3 is 2.49 bits per heavy atom. The van der Waals surface area contributed by atoms with Gasteiger partial charge in [0.2, 0.25) is 0 Å². The van der Waals surface area contributed by atoms with Crippen molar-refractivity contribution in [3.63, 3.8) is 0 Å². The number of carbonyl (C=O) groups is 1. The average Bonchev–Trinajstić information content (AvgIpc) is 3.39. The Balaban J connectivity index is 1.47. The highest BCUT2D eigenvalue weighted by molar-refractivity contribution is 6.04. The highest BCUT2D eigenvalue weighted by atomic mass is 19.4. The molecule has 1 amide bonds. The summed E-state index contributed by atoms with van der Waals surface area (Å²) in [6, 6.07) is 14.9. The van der Waals surface area contributed by atoms with Crippen molar-refractivity contribution in [2.45, 2.75) is 13.1 Å². The van der Waals surface area contributed by atoms with Crippen molar-refractivity contribution < 1.29 is 18.0 Å². The topological polar surface area (TPSA) is 89.7 Å². The number of carbonyl (C=O) groups excluding carboxylic acids is 1. The molecule has 0 bridgehead atoms. The Kier molecular flexibility index (Phi) is 5.90. The second kappa shape index (κ2) is 9.08. The fourth-order valence-electron chi connectivity index (χ4n) is 4.03. The summed E-state index contributed by atoms with van der Waals surface area (Å²) in [7, 11) is 3.73. The monoisotopic (exact) mass is 505 g/mol. The van der Waals surface area contributed by atoms with E-state index in [1.54, 1.807) is 28.9 Å². The molecule has 0 spiro atoms. The van der Waals surface area contributed by atoms with Gasteiger partial charge in [0.1, 0.15) is 11.3 Å². The van der Waals surface area contributed by atoms with Crippen molar-refractivity contribution in [1.29, 1.82) is 0 Å².